The van der Waals surface area contributed by atoms with Crippen LogP contribution in [0.15, 0.2) is 86.0 Å². The van der Waals surface area contributed by atoms with Crippen LogP contribution in [0, 0.1) is 5.92 Å². The third-order valence-electron chi connectivity index (χ3n) is 4.80. The van der Waals surface area contributed by atoms with Gasteiger partial charge in [0.15, 0.2) is 5.76 Å². The first-order valence-electron chi connectivity index (χ1n) is 9.36. The van der Waals surface area contributed by atoms with Gasteiger partial charge in [0.2, 0.25) is 0 Å². The van der Waals surface area contributed by atoms with Crippen molar-refractivity contribution < 1.29 is 6.16 Å². The van der Waals surface area contributed by atoms with Gasteiger partial charge in [-0.05, 0) is 18.4 Å². The molecule has 1 aromatic carbocycles. The number of benzene rings is 1. The molecule has 1 N–H and O–H groups in total. The largest absolute Gasteiger partial charge is 0.491 e. The van der Waals surface area contributed by atoms with Crippen molar-refractivity contribution in [2.75, 3.05) is 26.7 Å². The molecule has 1 aromatic rings. The second-order valence-corrected chi connectivity index (χ2v) is 6.70. The Kier molecular flexibility index (Phi) is 10.0. The van der Waals surface area contributed by atoms with E-state index in [1.165, 1.54) is 5.56 Å². The van der Waals surface area contributed by atoms with Crippen LogP contribution in [0.3, 0.4) is 0 Å². The average molecular weight is 369 g/mol. The summed E-state index contributed by atoms with van der Waals surface area (Å²) < 4.78 is 5.19. The first-order valence-corrected chi connectivity index (χ1v) is 9.36. The van der Waals surface area contributed by atoms with E-state index < -0.39 is 0 Å². The fraction of sp³-hybridized carbons (Fsp3) is 0.375. The van der Waals surface area contributed by atoms with Gasteiger partial charge in [0.1, 0.15) is 0 Å². The second-order valence-electron chi connectivity index (χ2n) is 6.70. The van der Waals surface area contributed by atoms with E-state index in [1.807, 2.05) is 25.1 Å². The number of ether oxygens (including phenoxy) is 1. The van der Waals surface area contributed by atoms with Gasteiger partial charge in [-0.3, -0.25) is 0 Å². The molecule has 1 aliphatic rings. The van der Waals surface area contributed by atoms with Crippen LogP contribution in [0.2, 0.25) is 0 Å². The van der Waals surface area contributed by atoms with E-state index in [0.717, 1.165) is 31.1 Å². The van der Waals surface area contributed by atoms with Gasteiger partial charge in [0.25, 0.3) is 0 Å². The summed E-state index contributed by atoms with van der Waals surface area (Å²) in [5.74, 6) is 1.61. The predicted octanol–water partition coefficient (Wildman–Crippen LogP) is 5.13. The van der Waals surface area contributed by atoms with Gasteiger partial charge in [-0.2, -0.15) is 0 Å². The highest BCUT2D eigenvalue weighted by atomic mass is 16.5. The molecular weight excluding hydrogens is 332 g/mol. The lowest BCUT2D eigenvalue weighted by molar-refractivity contribution is 0.194. The number of piperazine rings is 1. The number of rotatable bonds is 7. The Hall–Kier alpha value is -2.48. The summed E-state index contributed by atoms with van der Waals surface area (Å²) in [5.41, 5.74) is 5.21. The van der Waals surface area contributed by atoms with Crippen LogP contribution in [-0.4, -0.2) is 37.7 Å². The van der Waals surface area contributed by atoms with Crippen molar-refractivity contribution in [2.24, 2.45) is 5.92 Å². The fourth-order valence-corrected chi connectivity index (χ4v) is 3.09. The third kappa shape index (κ3) is 6.97. The first kappa shape index (κ1) is 22.6. The summed E-state index contributed by atoms with van der Waals surface area (Å²) in [6.45, 7) is 22.2. The molecule has 0 aliphatic carbocycles. The SMILES string of the molecule is C=C=C(OC)[C@@H]1CN(C(=C)C)CCN1.C=C[C@@H](C)[C@@H](C=C)c1ccccc1.[HH]. The van der Waals surface area contributed by atoms with E-state index in [9.17, 15) is 0 Å². The molecule has 0 bridgehead atoms. The second kappa shape index (κ2) is 12.0. The Morgan fingerprint density at radius 1 is 1.33 bits per heavy atom. The molecule has 3 nitrogen and oxygen atoms in total. The van der Waals surface area contributed by atoms with Gasteiger partial charge in [0.05, 0.1) is 13.2 Å². The van der Waals surface area contributed by atoms with E-state index in [1.54, 1.807) is 7.11 Å². The minimum Gasteiger partial charge on any atom is -0.491 e. The van der Waals surface area contributed by atoms with E-state index in [0.29, 0.717) is 11.8 Å². The van der Waals surface area contributed by atoms with Crippen LogP contribution < -0.4 is 5.32 Å². The summed E-state index contributed by atoms with van der Waals surface area (Å²) >= 11 is 0. The monoisotopic (exact) mass is 368 g/mol. The standard InChI is InChI=1S/C13H16.C11H18N2O.H2/c1-4-11(3)13(5-2)12-9-7-6-8-10-12;1-5-11(14-4)10-8-13(9(2)3)7-6-12-10;/h4-11,13H,1-2H2,3H3;10,12H,1-2,6-8H2,3-4H3;1H/t11-,13-;10-;/m10./s1. The van der Waals surface area contributed by atoms with Gasteiger partial charge in [-0.1, -0.05) is 68.3 Å². The third-order valence-corrected chi connectivity index (χ3v) is 4.80. The van der Waals surface area contributed by atoms with Crippen LogP contribution in [0.5, 0.6) is 0 Å². The Morgan fingerprint density at radius 3 is 2.48 bits per heavy atom. The van der Waals surface area contributed by atoms with Crippen LogP contribution in [-0.2, 0) is 4.74 Å². The highest BCUT2D eigenvalue weighted by molar-refractivity contribution is 5.25. The molecule has 0 unspecified atom stereocenters. The number of nitrogens with zero attached hydrogens (tertiary/aromatic N) is 1. The molecule has 0 radical (unpaired) electrons. The van der Waals surface area contributed by atoms with Crippen LogP contribution in [0.4, 0.5) is 0 Å². The van der Waals surface area contributed by atoms with E-state index >= 15 is 0 Å². The van der Waals surface area contributed by atoms with Gasteiger partial charge >= 0.3 is 0 Å². The smallest absolute Gasteiger partial charge is 0.156 e. The van der Waals surface area contributed by atoms with Crippen molar-refractivity contribution in [3.05, 3.63) is 91.6 Å². The maximum absolute atomic E-state index is 5.19. The van der Waals surface area contributed by atoms with Crippen LogP contribution >= 0.6 is 0 Å². The van der Waals surface area contributed by atoms with Crippen LogP contribution in [0.1, 0.15) is 26.8 Å². The molecule has 1 fully saturated rings. The molecule has 1 saturated heterocycles. The maximum Gasteiger partial charge on any atom is 0.156 e. The zero-order valence-corrected chi connectivity index (χ0v) is 17.1. The van der Waals surface area contributed by atoms with Crippen molar-refractivity contribution in [1.82, 2.24) is 10.2 Å². The van der Waals surface area contributed by atoms with Gasteiger partial charge in [-0.15, -0.1) is 13.2 Å². The van der Waals surface area contributed by atoms with Gasteiger partial charge in [0, 0.05) is 32.7 Å². The predicted molar refractivity (Wildman–Crippen MR) is 119 cm³/mol. The molecule has 148 valence electrons. The average Bonchev–Trinajstić information content (AvgIpc) is 2.71. The molecule has 3 atom stereocenters. The van der Waals surface area contributed by atoms with Crippen molar-refractivity contribution in [3.8, 4) is 0 Å². The lowest BCUT2D eigenvalue weighted by atomic mass is 9.87. The molecule has 1 heterocycles. The Labute approximate surface area is 166 Å². The zero-order chi connectivity index (χ0) is 20.2. The molecule has 0 spiro atoms. The normalized spacial score (nSPS) is 18.0. The molecule has 0 saturated carbocycles. The quantitative estimate of drug-likeness (QED) is 0.410. The number of allylic oxidation sites excluding steroid dienone is 3. The molecule has 0 aromatic heterocycles. The number of hydrogen-bond donors (Lipinski definition) is 1. The minimum atomic E-state index is 0. The van der Waals surface area contributed by atoms with Crippen molar-refractivity contribution in [2.45, 2.75) is 25.8 Å². The van der Waals surface area contributed by atoms with Gasteiger partial charge < -0.3 is 15.0 Å². The Bertz CT molecular complexity index is 664. The van der Waals surface area contributed by atoms with Gasteiger partial charge in [-0.25, -0.2) is 0 Å². The van der Waals surface area contributed by atoms with Crippen molar-refractivity contribution in [1.29, 1.82) is 0 Å². The summed E-state index contributed by atoms with van der Waals surface area (Å²) in [5, 5.41) is 3.36. The number of methoxy groups -OCH3 is 1. The summed E-state index contributed by atoms with van der Waals surface area (Å²) in [6.07, 6.45) is 3.96. The molecular formula is C24H36N2O. The Balaban J connectivity index is 0.000000504. The van der Waals surface area contributed by atoms with E-state index in [-0.39, 0.29) is 7.47 Å². The van der Waals surface area contributed by atoms with Crippen LogP contribution in [0.25, 0.3) is 0 Å². The Morgan fingerprint density at radius 2 is 2.00 bits per heavy atom. The number of nitrogens with one attached hydrogen (secondary N) is 1. The maximum atomic E-state index is 5.19. The summed E-state index contributed by atoms with van der Waals surface area (Å²) in [7, 11) is 1.65. The molecule has 2 rings (SSSR count). The molecule has 1 aliphatic heterocycles. The molecule has 27 heavy (non-hydrogen) atoms. The summed E-state index contributed by atoms with van der Waals surface area (Å²) in [4.78, 5) is 2.23. The van der Waals surface area contributed by atoms with E-state index in [4.69, 9.17) is 4.74 Å². The topological polar surface area (TPSA) is 24.5 Å². The highest BCUT2D eigenvalue weighted by Crippen LogP contribution is 2.25. The minimum absolute atomic E-state index is 0. The fourth-order valence-electron chi connectivity index (χ4n) is 3.09. The molecule has 3 heteroatoms. The zero-order valence-electron chi connectivity index (χ0n) is 17.1. The van der Waals surface area contributed by atoms with E-state index in [2.05, 4.69) is 73.5 Å². The lowest BCUT2D eigenvalue weighted by Gasteiger charge is -2.35. The van der Waals surface area contributed by atoms with Crippen molar-refractivity contribution >= 4 is 0 Å². The highest BCUT2D eigenvalue weighted by Gasteiger charge is 2.22. The first-order chi connectivity index (χ1) is 13.0. The molecule has 0 amide bonds. The number of hydrogen-bond acceptors (Lipinski definition) is 3. The van der Waals surface area contributed by atoms with Crippen molar-refractivity contribution in [3.63, 3.8) is 0 Å². The lowest BCUT2D eigenvalue weighted by Crippen LogP contribution is -2.50. The summed E-state index contributed by atoms with van der Waals surface area (Å²) in [6, 6.07) is 10.6.